The van der Waals surface area contributed by atoms with Crippen molar-refractivity contribution in [2.45, 2.75) is 69.3 Å². The molecule has 0 fully saturated rings. The van der Waals surface area contributed by atoms with Gasteiger partial charge in [0, 0.05) is 18.4 Å². The Morgan fingerprint density at radius 1 is 1.31 bits per heavy atom. The fourth-order valence-corrected chi connectivity index (χ4v) is 5.92. The summed E-state index contributed by atoms with van der Waals surface area (Å²) in [5.74, 6) is 1.29. The van der Waals surface area contributed by atoms with E-state index < -0.39 is 0 Å². The SMILES string of the molecule is CCCc1noc([C@H](C)Sc2nc3sc4c(c3c(=O)n2CCOC)CCCC4)n1. The van der Waals surface area contributed by atoms with Gasteiger partial charge in [0.05, 0.1) is 23.8 Å². The average molecular weight is 435 g/mol. The van der Waals surface area contributed by atoms with Gasteiger partial charge < -0.3 is 9.26 Å². The second-order valence-corrected chi connectivity index (χ2v) is 9.69. The summed E-state index contributed by atoms with van der Waals surface area (Å²) in [6.45, 7) is 5.03. The molecule has 4 rings (SSSR count). The molecule has 1 atom stereocenters. The Hall–Kier alpha value is -1.71. The summed E-state index contributed by atoms with van der Waals surface area (Å²) in [6, 6.07) is 0. The van der Waals surface area contributed by atoms with E-state index in [9.17, 15) is 4.79 Å². The third-order valence-electron chi connectivity index (χ3n) is 5.15. The number of methoxy groups -OCH3 is 1. The number of ether oxygens (including phenoxy) is 1. The van der Waals surface area contributed by atoms with Crippen LogP contribution in [0, 0.1) is 0 Å². The Bertz CT molecular complexity index is 1060. The molecular weight excluding hydrogens is 408 g/mol. The minimum absolute atomic E-state index is 0.0401. The lowest BCUT2D eigenvalue weighted by Gasteiger charge is -2.14. The van der Waals surface area contributed by atoms with Gasteiger partial charge in [-0.15, -0.1) is 11.3 Å². The van der Waals surface area contributed by atoms with E-state index in [1.165, 1.54) is 28.6 Å². The van der Waals surface area contributed by atoms with Crippen LogP contribution in [0.15, 0.2) is 14.5 Å². The number of thiophene rings is 1. The van der Waals surface area contributed by atoms with Gasteiger partial charge in [-0.25, -0.2) is 4.98 Å². The van der Waals surface area contributed by atoms with Gasteiger partial charge in [-0.05, 0) is 44.6 Å². The second-order valence-electron chi connectivity index (χ2n) is 7.29. The van der Waals surface area contributed by atoms with Crippen LogP contribution in [0.4, 0.5) is 0 Å². The maximum absolute atomic E-state index is 13.4. The highest BCUT2D eigenvalue weighted by atomic mass is 32.2. The zero-order valence-corrected chi connectivity index (χ0v) is 18.7. The molecule has 156 valence electrons. The number of thioether (sulfide) groups is 1. The zero-order valence-electron chi connectivity index (χ0n) is 17.1. The number of rotatable bonds is 8. The van der Waals surface area contributed by atoms with Gasteiger partial charge >= 0.3 is 0 Å². The monoisotopic (exact) mass is 434 g/mol. The van der Waals surface area contributed by atoms with E-state index in [0.29, 0.717) is 24.2 Å². The van der Waals surface area contributed by atoms with Crippen molar-refractivity contribution in [2.24, 2.45) is 0 Å². The molecule has 0 aromatic carbocycles. The Morgan fingerprint density at radius 2 is 2.14 bits per heavy atom. The van der Waals surface area contributed by atoms with E-state index >= 15 is 0 Å². The molecule has 0 bridgehead atoms. The first kappa shape index (κ1) is 20.6. The van der Waals surface area contributed by atoms with Crippen molar-refractivity contribution in [3.63, 3.8) is 0 Å². The number of aryl methyl sites for hydroxylation is 3. The van der Waals surface area contributed by atoms with Crippen LogP contribution in [0.2, 0.25) is 0 Å². The standard InChI is InChI=1S/C20H26N4O3S2/c1-4-7-15-21-17(27-23-15)12(2)28-20-22-18-16(19(25)24(20)10-11-26-3)13-8-5-6-9-14(13)29-18/h12H,4-11H2,1-3H3/t12-/m0/s1. The van der Waals surface area contributed by atoms with Crippen molar-refractivity contribution in [3.05, 3.63) is 32.5 Å². The molecule has 7 nitrogen and oxygen atoms in total. The Kier molecular flexibility index (Phi) is 6.36. The predicted molar refractivity (Wildman–Crippen MR) is 115 cm³/mol. The van der Waals surface area contributed by atoms with E-state index in [-0.39, 0.29) is 10.8 Å². The fraction of sp³-hybridized carbons (Fsp3) is 0.600. The highest BCUT2D eigenvalue weighted by Crippen LogP contribution is 2.37. The smallest absolute Gasteiger partial charge is 0.263 e. The zero-order chi connectivity index (χ0) is 20.4. The van der Waals surface area contributed by atoms with Gasteiger partial charge in [0.15, 0.2) is 11.0 Å². The van der Waals surface area contributed by atoms with Gasteiger partial charge in [0.25, 0.3) is 5.56 Å². The molecule has 29 heavy (non-hydrogen) atoms. The maximum Gasteiger partial charge on any atom is 0.263 e. The molecule has 1 aliphatic carbocycles. The third-order valence-corrected chi connectivity index (χ3v) is 7.41. The Balaban J connectivity index is 1.72. The van der Waals surface area contributed by atoms with Crippen molar-refractivity contribution in [3.8, 4) is 0 Å². The van der Waals surface area contributed by atoms with Crippen LogP contribution >= 0.6 is 23.1 Å². The lowest BCUT2D eigenvalue weighted by Crippen LogP contribution is -2.25. The van der Waals surface area contributed by atoms with E-state index in [1.807, 2.05) is 6.92 Å². The number of hydrogen-bond acceptors (Lipinski definition) is 8. The summed E-state index contributed by atoms with van der Waals surface area (Å²) in [5.41, 5.74) is 1.25. The van der Waals surface area contributed by atoms with E-state index in [1.54, 1.807) is 23.0 Å². The van der Waals surface area contributed by atoms with Crippen molar-refractivity contribution in [2.75, 3.05) is 13.7 Å². The molecule has 0 saturated heterocycles. The third kappa shape index (κ3) is 4.13. The first-order valence-corrected chi connectivity index (χ1v) is 11.8. The molecular formula is C20H26N4O3S2. The van der Waals surface area contributed by atoms with E-state index in [0.717, 1.165) is 48.1 Å². The van der Waals surface area contributed by atoms with Crippen LogP contribution in [0.5, 0.6) is 0 Å². The summed E-state index contributed by atoms with van der Waals surface area (Å²) >= 11 is 3.16. The highest BCUT2D eigenvalue weighted by Gasteiger charge is 2.24. The summed E-state index contributed by atoms with van der Waals surface area (Å²) in [5, 5.41) is 5.44. The van der Waals surface area contributed by atoms with Crippen molar-refractivity contribution in [1.82, 2.24) is 19.7 Å². The van der Waals surface area contributed by atoms with Crippen LogP contribution in [-0.4, -0.2) is 33.4 Å². The number of fused-ring (bicyclic) bond motifs is 3. The molecule has 3 heterocycles. The summed E-state index contributed by atoms with van der Waals surface area (Å²) in [4.78, 5) is 25.0. The number of nitrogens with zero attached hydrogens (tertiary/aromatic N) is 4. The molecule has 0 spiro atoms. The summed E-state index contributed by atoms with van der Waals surface area (Å²) in [7, 11) is 1.65. The van der Waals surface area contributed by atoms with E-state index in [4.69, 9.17) is 14.2 Å². The number of aromatic nitrogens is 4. The Labute approximate surface area is 177 Å². The molecule has 3 aromatic heterocycles. The largest absolute Gasteiger partial charge is 0.383 e. The normalized spacial score (nSPS) is 15.0. The highest BCUT2D eigenvalue weighted by molar-refractivity contribution is 7.99. The minimum atomic E-state index is -0.0964. The van der Waals surface area contributed by atoms with Crippen LogP contribution in [-0.2, 0) is 30.5 Å². The van der Waals surface area contributed by atoms with Crippen molar-refractivity contribution in [1.29, 1.82) is 0 Å². The first-order chi connectivity index (χ1) is 14.1. The lowest BCUT2D eigenvalue weighted by molar-refractivity contribution is 0.183. The van der Waals surface area contributed by atoms with Crippen molar-refractivity contribution >= 4 is 33.3 Å². The molecule has 0 N–H and O–H groups in total. The molecule has 0 saturated carbocycles. The molecule has 9 heteroatoms. The van der Waals surface area contributed by atoms with Crippen LogP contribution in [0.25, 0.3) is 10.2 Å². The molecule has 0 amide bonds. The van der Waals surface area contributed by atoms with E-state index in [2.05, 4.69) is 17.1 Å². The van der Waals surface area contributed by atoms with Gasteiger partial charge in [-0.2, -0.15) is 4.98 Å². The van der Waals surface area contributed by atoms with Gasteiger partial charge in [0.1, 0.15) is 4.83 Å². The minimum Gasteiger partial charge on any atom is -0.383 e. The molecule has 3 aromatic rings. The maximum atomic E-state index is 13.4. The van der Waals surface area contributed by atoms with Gasteiger partial charge in [0.2, 0.25) is 5.89 Å². The Morgan fingerprint density at radius 3 is 2.93 bits per heavy atom. The number of hydrogen-bond donors (Lipinski definition) is 0. The molecule has 0 unspecified atom stereocenters. The summed E-state index contributed by atoms with van der Waals surface area (Å²) in [6.07, 6.45) is 6.12. The molecule has 1 aliphatic rings. The second kappa shape index (κ2) is 8.97. The average Bonchev–Trinajstić information content (AvgIpc) is 3.32. The first-order valence-electron chi connectivity index (χ1n) is 10.2. The predicted octanol–water partition coefficient (Wildman–Crippen LogP) is 4.17. The topological polar surface area (TPSA) is 83.0 Å². The lowest BCUT2D eigenvalue weighted by atomic mass is 9.97. The van der Waals surface area contributed by atoms with Crippen LogP contribution < -0.4 is 5.56 Å². The molecule has 0 aliphatic heterocycles. The van der Waals surface area contributed by atoms with Gasteiger partial charge in [-0.3, -0.25) is 9.36 Å². The van der Waals surface area contributed by atoms with Crippen LogP contribution in [0.1, 0.15) is 60.5 Å². The quantitative estimate of drug-likeness (QED) is 0.389. The summed E-state index contributed by atoms with van der Waals surface area (Å²) < 4.78 is 12.4. The fourth-order valence-electron chi connectivity index (χ4n) is 3.66. The van der Waals surface area contributed by atoms with Gasteiger partial charge in [-0.1, -0.05) is 23.8 Å². The van der Waals surface area contributed by atoms with Crippen LogP contribution in [0.3, 0.4) is 0 Å². The molecule has 0 radical (unpaired) electrons. The van der Waals surface area contributed by atoms with Crippen molar-refractivity contribution < 1.29 is 9.26 Å².